The Morgan fingerprint density at radius 2 is 2.17 bits per heavy atom. The van der Waals surface area contributed by atoms with Crippen molar-refractivity contribution in [2.75, 3.05) is 0 Å². The highest BCUT2D eigenvalue weighted by atomic mass is 19.1. The number of carbonyl (C=O) groups is 1. The van der Waals surface area contributed by atoms with E-state index >= 15 is 0 Å². The molecule has 0 spiro atoms. The normalized spacial score (nSPS) is 29.8. The Bertz CT molecular complexity index is 489. The summed E-state index contributed by atoms with van der Waals surface area (Å²) in [4.78, 5) is 12.1. The highest BCUT2D eigenvalue weighted by Gasteiger charge is 2.42. The van der Waals surface area contributed by atoms with Crippen molar-refractivity contribution in [2.45, 2.75) is 37.8 Å². The Morgan fingerprint density at radius 1 is 1.33 bits per heavy atom. The third-order valence-electron chi connectivity index (χ3n) is 4.09. The standard InChI is InChI=1S/C14H15F2NO/c15-9-2-1-8(12(16)6-9)5-14(18)11-7-10-3-4-13(11)17-10/h1-2,6,10-11,13,17H,3-5,7H2. The molecule has 0 aliphatic carbocycles. The molecule has 2 saturated heterocycles. The molecule has 18 heavy (non-hydrogen) atoms. The summed E-state index contributed by atoms with van der Waals surface area (Å²) in [6.45, 7) is 0. The van der Waals surface area contributed by atoms with Gasteiger partial charge in [-0.1, -0.05) is 6.07 Å². The second kappa shape index (κ2) is 4.43. The van der Waals surface area contributed by atoms with Gasteiger partial charge in [0.05, 0.1) is 0 Å². The summed E-state index contributed by atoms with van der Waals surface area (Å²) in [5, 5.41) is 3.39. The minimum Gasteiger partial charge on any atom is -0.310 e. The first-order chi connectivity index (χ1) is 8.63. The zero-order chi connectivity index (χ0) is 12.7. The van der Waals surface area contributed by atoms with E-state index < -0.39 is 11.6 Å². The van der Waals surface area contributed by atoms with Crippen LogP contribution in [0.15, 0.2) is 18.2 Å². The summed E-state index contributed by atoms with van der Waals surface area (Å²) in [6, 6.07) is 4.13. The summed E-state index contributed by atoms with van der Waals surface area (Å²) < 4.78 is 26.3. The molecular formula is C14H15F2NO. The number of Topliss-reactive ketones (excluding diaryl/α,β-unsaturated/α-hetero) is 1. The number of carbonyl (C=O) groups excluding carboxylic acids is 1. The molecule has 3 atom stereocenters. The quantitative estimate of drug-likeness (QED) is 0.892. The van der Waals surface area contributed by atoms with Gasteiger partial charge in [-0.2, -0.15) is 0 Å². The fourth-order valence-electron chi connectivity index (χ4n) is 3.16. The zero-order valence-corrected chi connectivity index (χ0v) is 9.96. The number of hydrogen-bond acceptors (Lipinski definition) is 2. The summed E-state index contributed by atoms with van der Waals surface area (Å²) in [7, 11) is 0. The Labute approximate surface area is 104 Å². The average Bonchev–Trinajstić information content (AvgIpc) is 2.94. The Morgan fingerprint density at radius 3 is 2.78 bits per heavy atom. The first kappa shape index (κ1) is 11.8. The van der Waals surface area contributed by atoms with Crippen molar-refractivity contribution in [1.29, 1.82) is 0 Å². The molecule has 0 aromatic heterocycles. The smallest absolute Gasteiger partial charge is 0.142 e. The van der Waals surface area contributed by atoms with Crippen LogP contribution in [0.1, 0.15) is 24.8 Å². The number of halogens is 2. The van der Waals surface area contributed by atoms with E-state index in [1.807, 2.05) is 0 Å². The van der Waals surface area contributed by atoms with Crippen LogP contribution in [0.4, 0.5) is 8.78 Å². The van der Waals surface area contributed by atoms with Gasteiger partial charge >= 0.3 is 0 Å². The minimum absolute atomic E-state index is 0.00760. The molecule has 2 nitrogen and oxygen atoms in total. The lowest BCUT2D eigenvalue weighted by Crippen LogP contribution is -2.29. The molecule has 3 unspecified atom stereocenters. The van der Waals surface area contributed by atoms with Crippen molar-refractivity contribution < 1.29 is 13.6 Å². The maximum absolute atomic E-state index is 13.5. The van der Waals surface area contributed by atoms with E-state index in [1.54, 1.807) is 0 Å². The maximum atomic E-state index is 13.5. The van der Waals surface area contributed by atoms with Crippen LogP contribution in [0.5, 0.6) is 0 Å². The molecule has 2 heterocycles. The van der Waals surface area contributed by atoms with Crippen molar-refractivity contribution in [3.8, 4) is 0 Å². The molecule has 1 aromatic carbocycles. The van der Waals surface area contributed by atoms with Crippen LogP contribution in [0, 0.1) is 17.6 Å². The van der Waals surface area contributed by atoms with Crippen molar-refractivity contribution in [2.24, 2.45) is 5.92 Å². The highest BCUT2D eigenvalue weighted by molar-refractivity contribution is 5.84. The molecule has 2 fully saturated rings. The fraction of sp³-hybridized carbons (Fsp3) is 0.500. The van der Waals surface area contributed by atoms with Crippen LogP contribution in [-0.2, 0) is 11.2 Å². The van der Waals surface area contributed by atoms with E-state index in [9.17, 15) is 13.6 Å². The number of rotatable bonds is 3. The predicted octanol–water partition coefficient (Wildman–Crippen LogP) is 2.22. The van der Waals surface area contributed by atoms with Gasteiger partial charge in [0.1, 0.15) is 17.4 Å². The first-order valence-corrected chi connectivity index (χ1v) is 6.36. The predicted molar refractivity (Wildman–Crippen MR) is 63.1 cm³/mol. The third kappa shape index (κ3) is 2.05. The fourth-order valence-corrected chi connectivity index (χ4v) is 3.16. The van der Waals surface area contributed by atoms with E-state index in [1.165, 1.54) is 12.1 Å². The summed E-state index contributed by atoms with van der Waals surface area (Å²) in [5.74, 6) is -1.15. The van der Waals surface area contributed by atoms with Crippen molar-refractivity contribution in [3.63, 3.8) is 0 Å². The second-order valence-corrected chi connectivity index (χ2v) is 5.27. The molecule has 3 rings (SSSR count). The summed E-state index contributed by atoms with van der Waals surface area (Å²) in [6.07, 6.45) is 3.11. The van der Waals surface area contributed by atoms with Crippen molar-refractivity contribution in [1.82, 2.24) is 5.32 Å². The average molecular weight is 251 g/mol. The first-order valence-electron chi connectivity index (χ1n) is 6.36. The number of nitrogens with one attached hydrogen (secondary N) is 1. The van der Waals surface area contributed by atoms with E-state index in [0.717, 1.165) is 25.3 Å². The van der Waals surface area contributed by atoms with E-state index in [-0.39, 0.29) is 24.2 Å². The van der Waals surface area contributed by atoms with Gasteiger partial charge < -0.3 is 5.32 Å². The Hall–Kier alpha value is -1.29. The van der Waals surface area contributed by atoms with Gasteiger partial charge in [-0.3, -0.25) is 4.79 Å². The molecule has 1 aromatic rings. The van der Waals surface area contributed by atoms with E-state index in [4.69, 9.17) is 0 Å². The van der Waals surface area contributed by atoms with Gasteiger partial charge in [-0.05, 0) is 30.9 Å². The molecule has 1 N–H and O–H groups in total. The summed E-state index contributed by atoms with van der Waals surface area (Å²) in [5.41, 5.74) is 0.296. The summed E-state index contributed by atoms with van der Waals surface area (Å²) >= 11 is 0. The lowest BCUT2D eigenvalue weighted by atomic mass is 9.84. The second-order valence-electron chi connectivity index (χ2n) is 5.27. The van der Waals surface area contributed by atoms with E-state index in [2.05, 4.69) is 5.32 Å². The topological polar surface area (TPSA) is 29.1 Å². The number of hydrogen-bond donors (Lipinski definition) is 1. The molecule has 96 valence electrons. The molecule has 2 bridgehead atoms. The van der Waals surface area contributed by atoms with E-state index in [0.29, 0.717) is 11.6 Å². The molecule has 2 aliphatic rings. The van der Waals surface area contributed by atoms with Crippen LogP contribution < -0.4 is 5.32 Å². The van der Waals surface area contributed by atoms with Gasteiger partial charge in [-0.15, -0.1) is 0 Å². The Kier molecular flexibility index (Phi) is 2.90. The SMILES string of the molecule is O=C(Cc1ccc(F)cc1F)C1CC2CCC1N2. The molecule has 4 heteroatoms. The van der Waals surface area contributed by atoms with Crippen LogP contribution in [-0.4, -0.2) is 17.9 Å². The van der Waals surface area contributed by atoms with Gasteiger partial charge in [0.15, 0.2) is 0 Å². The Balaban J connectivity index is 1.71. The number of ketones is 1. The van der Waals surface area contributed by atoms with Gasteiger partial charge in [-0.25, -0.2) is 8.78 Å². The number of benzene rings is 1. The molecular weight excluding hydrogens is 236 g/mol. The molecule has 0 saturated carbocycles. The van der Waals surface area contributed by atoms with Gasteiger partial charge in [0, 0.05) is 30.5 Å². The van der Waals surface area contributed by atoms with Crippen molar-refractivity contribution >= 4 is 5.78 Å². The zero-order valence-electron chi connectivity index (χ0n) is 9.96. The van der Waals surface area contributed by atoms with Crippen LogP contribution in [0.2, 0.25) is 0 Å². The lowest BCUT2D eigenvalue weighted by Gasteiger charge is -2.18. The maximum Gasteiger partial charge on any atom is 0.142 e. The van der Waals surface area contributed by atoms with Crippen LogP contribution >= 0.6 is 0 Å². The molecule has 0 amide bonds. The van der Waals surface area contributed by atoms with Crippen molar-refractivity contribution in [3.05, 3.63) is 35.4 Å². The monoisotopic (exact) mass is 251 g/mol. The third-order valence-corrected chi connectivity index (χ3v) is 4.09. The highest BCUT2D eigenvalue weighted by Crippen LogP contribution is 2.34. The largest absolute Gasteiger partial charge is 0.310 e. The molecule has 0 radical (unpaired) electrons. The van der Waals surface area contributed by atoms with Crippen LogP contribution in [0.3, 0.4) is 0 Å². The number of fused-ring (bicyclic) bond motifs is 2. The van der Waals surface area contributed by atoms with Gasteiger partial charge in [0.2, 0.25) is 0 Å². The van der Waals surface area contributed by atoms with Gasteiger partial charge in [0.25, 0.3) is 0 Å². The lowest BCUT2D eigenvalue weighted by molar-refractivity contribution is -0.122. The van der Waals surface area contributed by atoms with Crippen LogP contribution in [0.25, 0.3) is 0 Å². The molecule has 2 aliphatic heterocycles. The minimum atomic E-state index is -0.625.